The van der Waals surface area contributed by atoms with Crippen LogP contribution in [0.2, 0.25) is 5.02 Å². The number of nitrogens with one attached hydrogen (secondary N) is 2. The van der Waals surface area contributed by atoms with Crippen molar-refractivity contribution >= 4 is 41.0 Å². The summed E-state index contributed by atoms with van der Waals surface area (Å²) in [5.41, 5.74) is 4.47. The van der Waals surface area contributed by atoms with Crippen LogP contribution in [0.15, 0.2) is 71.8 Å². The average Bonchev–Trinajstić information content (AvgIpc) is 2.80. The molecular formula is C23H19ClN4O5. The lowest BCUT2D eigenvalue weighted by Gasteiger charge is -2.11. The molecule has 3 aromatic rings. The van der Waals surface area contributed by atoms with Crippen LogP contribution in [0, 0.1) is 17.0 Å². The highest BCUT2D eigenvalue weighted by atomic mass is 35.5. The molecule has 0 unspecified atom stereocenters. The van der Waals surface area contributed by atoms with E-state index in [1.54, 1.807) is 24.3 Å². The summed E-state index contributed by atoms with van der Waals surface area (Å²) in [7, 11) is 0. The van der Waals surface area contributed by atoms with Crippen molar-refractivity contribution in [1.29, 1.82) is 0 Å². The lowest BCUT2D eigenvalue weighted by molar-refractivity contribution is -0.384. The molecule has 0 aliphatic heterocycles. The Morgan fingerprint density at radius 2 is 1.85 bits per heavy atom. The quantitative estimate of drug-likeness (QED) is 0.290. The zero-order valence-corrected chi connectivity index (χ0v) is 18.2. The molecule has 33 heavy (non-hydrogen) atoms. The molecule has 0 saturated carbocycles. The maximum absolute atomic E-state index is 12.2. The number of nitro groups is 1. The van der Waals surface area contributed by atoms with Gasteiger partial charge in [0.1, 0.15) is 5.75 Å². The zero-order valence-electron chi connectivity index (χ0n) is 17.4. The summed E-state index contributed by atoms with van der Waals surface area (Å²) in [4.78, 5) is 34.6. The molecule has 0 fully saturated rings. The van der Waals surface area contributed by atoms with Gasteiger partial charge in [-0.25, -0.2) is 5.43 Å². The monoisotopic (exact) mass is 466 g/mol. The maximum atomic E-state index is 12.2. The van der Waals surface area contributed by atoms with Crippen LogP contribution >= 0.6 is 11.6 Å². The Morgan fingerprint density at radius 1 is 1.12 bits per heavy atom. The third-order valence-electron chi connectivity index (χ3n) is 4.46. The van der Waals surface area contributed by atoms with Gasteiger partial charge in [-0.2, -0.15) is 5.10 Å². The SMILES string of the molecule is Cc1ccccc1NC(=O)COc1ccc(Cl)cc1/C=N/NC(=O)c1ccc([N+](=O)[O-])cc1. The molecule has 168 valence electrons. The Bertz CT molecular complexity index is 1210. The normalized spacial score (nSPS) is 10.6. The first-order chi connectivity index (χ1) is 15.8. The molecule has 2 amide bonds. The lowest BCUT2D eigenvalue weighted by Crippen LogP contribution is -2.21. The fourth-order valence-electron chi connectivity index (χ4n) is 2.75. The van der Waals surface area contributed by atoms with Crippen LogP contribution in [-0.2, 0) is 4.79 Å². The van der Waals surface area contributed by atoms with Crippen molar-refractivity contribution in [2.75, 3.05) is 11.9 Å². The Labute approximate surface area is 194 Å². The first-order valence-electron chi connectivity index (χ1n) is 9.69. The molecule has 0 atom stereocenters. The van der Waals surface area contributed by atoms with E-state index in [-0.39, 0.29) is 23.8 Å². The number of ether oxygens (including phenoxy) is 1. The summed E-state index contributed by atoms with van der Waals surface area (Å²) >= 11 is 6.04. The van der Waals surface area contributed by atoms with Crippen molar-refractivity contribution in [3.05, 3.63) is 98.6 Å². The van der Waals surface area contributed by atoms with Gasteiger partial charge in [-0.1, -0.05) is 29.8 Å². The molecule has 0 bridgehead atoms. The minimum absolute atomic E-state index is 0.123. The number of non-ortho nitro benzene ring substituents is 1. The van der Waals surface area contributed by atoms with E-state index in [0.717, 1.165) is 5.56 Å². The van der Waals surface area contributed by atoms with Gasteiger partial charge in [0.25, 0.3) is 17.5 Å². The van der Waals surface area contributed by atoms with E-state index in [4.69, 9.17) is 16.3 Å². The van der Waals surface area contributed by atoms with Gasteiger partial charge in [0.05, 0.1) is 11.1 Å². The van der Waals surface area contributed by atoms with Crippen LogP contribution in [0.25, 0.3) is 0 Å². The smallest absolute Gasteiger partial charge is 0.271 e. The molecular weight excluding hydrogens is 448 g/mol. The number of nitro benzene ring substituents is 1. The van der Waals surface area contributed by atoms with Crippen molar-refractivity contribution in [2.24, 2.45) is 5.10 Å². The second-order valence-electron chi connectivity index (χ2n) is 6.84. The van der Waals surface area contributed by atoms with Crippen LogP contribution in [0.1, 0.15) is 21.5 Å². The van der Waals surface area contributed by atoms with E-state index in [2.05, 4.69) is 15.8 Å². The van der Waals surface area contributed by atoms with E-state index < -0.39 is 10.8 Å². The molecule has 2 N–H and O–H groups in total. The van der Waals surface area contributed by atoms with E-state index in [0.29, 0.717) is 22.0 Å². The van der Waals surface area contributed by atoms with Crippen LogP contribution in [0.4, 0.5) is 11.4 Å². The summed E-state index contributed by atoms with van der Waals surface area (Å²) in [6, 6.07) is 17.2. The molecule has 3 rings (SSSR count). The number of hydrogen-bond donors (Lipinski definition) is 2. The van der Waals surface area contributed by atoms with Gasteiger partial charge >= 0.3 is 0 Å². The van der Waals surface area contributed by atoms with Crippen molar-refractivity contribution in [3.63, 3.8) is 0 Å². The fourth-order valence-corrected chi connectivity index (χ4v) is 2.93. The summed E-state index contributed by atoms with van der Waals surface area (Å²) in [6.07, 6.45) is 1.32. The number of nitrogens with zero attached hydrogens (tertiary/aromatic N) is 2. The Kier molecular flexibility index (Phi) is 7.72. The number of hydrazone groups is 1. The molecule has 0 heterocycles. The minimum atomic E-state index is -0.554. The first-order valence-corrected chi connectivity index (χ1v) is 10.1. The van der Waals surface area contributed by atoms with Crippen LogP contribution in [0.3, 0.4) is 0 Å². The maximum Gasteiger partial charge on any atom is 0.271 e. The Balaban J connectivity index is 1.62. The van der Waals surface area contributed by atoms with E-state index in [9.17, 15) is 19.7 Å². The van der Waals surface area contributed by atoms with Gasteiger partial charge in [0, 0.05) is 34.0 Å². The highest BCUT2D eigenvalue weighted by molar-refractivity contribution is 6.30. The van der Waals surface area contributed by atoms with Crippen molar-refractivity contribution < 1.29 is 19.2 Å². The standard InChI is InChI=1S/C23H19ClN4O5/c1-15-4-2-3-5-20(15)26-22(29)14-33-21-11-8-18(24)12-17(21)13-25-27-23(30)16-6-9-19(10-7-16)28(31)32/h2-13H,14H2,1H3,(H,26,29)(H,27,30)/b25-13+. The third kappa shape index (κ3) is 6.62. The number of aryl methyl sites for hydroxylation is 1. The fraction of sp³-hybridized carbons (Fsp3) is 0.0870. The van der Waals surface area contributed by atoms with Crippen LogP contribution < -0.4 is 15.5 Å². The summed E-state index contributed by atoms with van der Waals surface area (Å²) in [5, 5.41) is 17.8. The van der Waals surface area contributed by atoms with Crippen molar-refractivity contribution in [1.82, 2.24) is 5.43 Å². The Morgan fingerprint density at radius 3 is 2.55 bits per heavy atom. The predicted molar refractivity (Wildman–Crippen MR) is 125 cm³/mol. The van der Waals surface area contributed by atoms with Gasteiger partial charge in [0.2, 0.25) is 0 Å². The number of carbonyl (C=O) groups excluding carboxylic acids is 2. The summed E-state index contributed by atoms with van der Waals surface area (Å²) in [5.74, 6) is -0.551. The van der Waals surface area contributed by atoms with Crippen molar-refractivity contribution in [2.45, 2.75) is 6.92 Å². The van der Waals surface area contributed by atoms with Crippen molar-refractivity contribution in [3.8, 4) is 5.75 Å². The van der Waals surface area contributed by atoms with E-state index in [1.165, 1.54) is 30.5 Å². The molecule has 10 heteroatoms. The number of rotatable bonds is 8. The van der Waals surface area contributed by atoms with Gasteiger partial charge < -0.3 is 10.1 Å². The molecule has 0 radical (unpaired) electrons. The Hall–Kier alpha value is -4.24. The molecule has 0 aliphatic rings. The van der Waals surface area contributed by atoms with Gasteiger partial charge in [-0.05, 0) is 48.9 Å². The largest absolute Gasteiger partial charge is 0.483 e. The first kappa shape index (κ1) is 23.4. The molecule has 0 saturated heterocycles. The minimum Gasteiger partial charge on any atom is -0.483 e. The van der Waals surface area contributed by atoms with Crippen LogP contribution in [-0.4, -0.2) is 29.6 Å². The number of para-hydroxylation sites is 1. The molecule has 0 aliphatic carbocycles. The van der Waals surface area contributed by atoms with E-state index >= 15 is 0 Å². The summed E-state index contributed by atoms with van der Waals surface area (Å²) < 4.78 is 5.61. The summed E-state index contributed by atoms with van der Waals surface area (Å²) in [6.45, 7) is 1.64. The predicted octanol–water partition coefficient (Wildman–Crippen LogP) is 4.34. The second-order valence-corrected chi connectivity index (χ2v) is 7.27. The number of halogens is 1. The molecule has 0 aromatic heterocycles. The average molecular weight is 467 g/mol. The van der Waals surface area contributed by atoms with Gasteiger partial charge in [-0.15, -0.1) is 0 Å². The molecule has 3 aromatic carbocycles. The van der Waals surface area contributed by atoms with E-state index in [1.807, 2.05) is 25.1 Å². The highest BCUT2D eigenvalue weighted by Crippen LogP contribution is 2.22. The van der Waals surface area contributed by atoms with Gasteiger partial charge in [-0.3, -0.25) is 19.7 Å². The number of hydrogen-bond acceptors (Lipinski definition) is 6. The number of amides is 2. The zero-order chi connectivity index (χ0) is 23.8. The van der Waals surface area contributed by atoms with Crippen LogP contribution in [0.5, 0.6) is 5.75 Å². The topological polar surface area (TPSA) is 123 Å². The second kappa shape index (κ2) is 10.9. The lowest BCUT2D eigenvalue weighted by atomic mass is 10.2. The highest BCUT2D eigenvalue weighted by Gasteiger charge is 2.10. The van der Waals surface area contributed by atoms with Gasteiger partial charge in [0.15, 0.2) is 6.61 Å². The number of carbonyl (C=O) groups is 2. The molecule has 0 spiro atoms. The molecule has 9 nitrogen and oxygen atoms in total. The third-order valence-corrected chi connectivity index (χ3v) is 4.69. The number of benzene rings is 3. The number of anilines is 1.